The van der Waals surface area contributed by atoms with Crippen molar-refractivity contribution in [2.75, 3.05) is 0 Å². The Bertz CT molecular complexity index is 1090. The van der Waals surface area contributed by atoms with Gasteiger partial charge in [0.15, 0.2) is 5.78 Å². The summed E-state index contributed by atoms with van der Waals surface area (Å²) in [6.45, 7) is -0.241. The first kappa shape index (κ1) is 20.3. The van der Waals surface area contributed by atoms with Gasteiger partial charge in [0, 0.05) is 16.1 Å². The van der Waals surface area contributed by atoms with Crippen molar-refractivity contribution < 1.29 is 9.53 Å². The van der Waals surface area contributed by atoms with Crippen LogP contribution in [0.2, 0.25) is 5.15 Å². The fraction of sp³-hybridized carbons (Fsp3) is 0.150. The number of benzene rings is 2. The van der Waals surface area contributed by atoms with E-state index < -0.39 is 11.2 Å². The van der Waals surface area contributed by atoms with Gasteiger partial charge in [0.2, 0.25) is 0 Å². The number of ether oxygens (including phenoxy) is 1. The predicted molar refractivity (Wildman–Crippen MR) is 110 cm³/mol. The van der Waals surface area contributed by atoms with Crippen LogP contribution in [0.4, 0.5) is 0 Å². The molecule has 2 aromatic carbocycles. The van der Waals surface area contributed by atoms with E-state index in [-0.39, 0.29) is 30.8 Å². The van der Waals surface area contributed by atoms with E-state index in [0.717, 1.165) is 25.2 Å². The second-order valence-corrected chi connectivity index (χ2v) is 7.30. The van der Waals surface area contributed by atoms with Gasteiger partial charge in [-0.15, -0.1) is 0 Å². The Morgan fingerprint density at radius 1 is 1.00 bits per heavy atom. The summed E-state index contributed by atoms with van der Waals surface area (Å²) >= 11 is 9.33. The Balaban J connectivity index is 1.79. The van der Waals surface area contributed by atoms with Gasteiger partial charge in [-0.1, -0.05) is 70.0 Å². The number of nitrogens with zero attached hydrogens (tertiary/aromatic N) is 2. The quantitative estimate of drug-likeness (QED) is 0.397. The van der Waals surface area contributed by atoms with Crippen molar-refractivity contribution in [1.29, 1.82) is 0 Å². The molecule has 0 amide bonds. The van der Waals surface area contributed by atoms with E-state index in [0.29, 0.717) is 5.56 Å². The highest BCUT2D eigenvalue weighted by Gasteiger charge is 2.14. The van der Waals surface area contributed by atoms with Crippen molar-refractivity contribution in [3.8, 4) is 0 Å². The number of hydrogen-bond acceptors (Lipinski definition) is 4. The summed E-state index contributed by atoms with van der Waals surface area (Å²) in [7, 11) is 0. The predicted octanol–water partition coefficient (Wildman–Crippen LogP) is 3.48. The molecule has 0 unspecified atom stereocenters. The van der Waals surface area contributed by atoms with Gasteiger partial charge >= 0.3 is 5.69 Å². The number of halogens is 2. The number of rotatable bonds is 7. The fourth-order valence-corrected chi connectivity index (χ4v) is 3.03. The molecule has 0 N–H and O–H groups in total. The molecule has 0 radical (unpaired) electrons. The van der Waals surface area contributed by atoms with Crippen LogP contribution in [0.25, 0.3) is 0 Å². The minimum Gasteiger partial charge on any atom is -0.356 e. The minimum atomic E-state index is -0.698. The molecule has 28 heavy (non-hydrogen) atoms. The topological polar surface area (TPSA) is 70.3 Å². The molecule has 0 aliphatic heterocycles. The van der Waals surface area contributed by atoms with E-state index in [1.807, 2.05) is 30.3 Å². The minimum absolute atomic E-state index is 0.0459. The average Bonchev–Trinajstić information content (AvgIpc) is 2.69. The molecule has 1 aromatic heterocycles. The van der Waals surface area contributed by atoms with Crippen LogP contribution in [0.15, 0.2) is 74.7 Å². The highest BCUT2D eigenvalue weighted by molar-refractivity contribution is 9.10. The van der Waals surface area contributed by atoms with Crippen molar-refractivity contribution in [2.45, 2.75) is 19.9 Å². The summed E-state index contributed by atoms with van der Waals surface area (Å²) in [5, 5.41) is -0.0459. The largest absolute Gasteiger partial charge is 0.356 e. The summed E-state index contributed by atoms with van der Waals surface area (Å²) in [5.74, 6) is -0.356. The number of Topliss-reactive ketones (excluding diaryl/α,β-unsaturated/α-hetero) is 1. The Morgan fingerprint density at radius 3 is 2.36 bits per heavy atom. The standard InChI is InChI=1S/C20H16BrClN2O4/c21-16-8-6-15(7-9-16)17(25)11-23-19(26)10-18(22)24(20(23)27)13-28-12-14-4-2-1-3-5-14/h1-10H,11-13H2. The zero-order chi connectivity index (χ0) is 20.1. The van der Waals surface area contributed by atoms with Gasteiger partial charge in [-0.25, -0.2) is 4.79 Å². The second-order valence-electron chi connectivity index (χ2n) is 6.00. The van der Waals surface area contributed by atoms with Crippen molar-refractivity contribution in [1.82, 2.24) is 9.13 Å². The second kappa shape index (κ2) is 9.14. The molecule has 0 saturated carbocycles. The molecule has 0 bridgehead atoms. The van der Waals surface area contributed by atoms with Gasteiger partial charge in [-0.2, -0.15) is 0 Å². The first-order valence-corrected chi connectivity index (χ1v) is 9.53. The Morgan fingerprint density at radius 2 is 1.68 bits per heavy atom. The van der Waals surface area contributed by atoms with E-state index in [2.05, 4.69) is 15.9 Å². The molecule has 0 aliphatic carbocycles. The molecule has 0 spiro atoms. The zero-order valence-corrected chi connectivity index (χ0v) is 17.0. The van der Waals surface area contributed by atoms with Crippen LogP contribution < -0.4 is 11.2 Å². The van der Waals surface area contributed by atoms with Crippen LogP contribution in [0.3, 0.4) is 0 Å². The van der Waals surface area contributed by atoms with Crippen LogP contribution in [-0.2, 0) is 24.6 Å². The molecule has 0 fully saturated rings. The molecular weight excluding hydrogens is 448 g/mol. The van der Waals surface area contributed by atoms with Crippen molar-refractivity contribution in [3.05, 3.63) is 102 Å². The van der Waals surface area contributed by atoms with Crippen molar-refractivity contribution >= 4 is 33.3 Å². The van der Waals surface area contributed by atoms with Crippen molar-refractivity contribution in [3.63, 3.8) is 0 Å². The highest BCUT2D eigenvalue weighted by atomic mass is 79.9. The smallest absolute Gasteiger partial charge is 0.334 e. The molecule has 6 nitrogen and oxygen atoms in total. The SMILES string of the molecule is O=C(Cn1c(=O)cc(Cl)n(COCc2ccccc2)c1=O)c1ccc(Br)cc1. The van der Waals surface area contributed by atoms with E-state index >= 15 is 0 Å². The van der Waals surface area contributed by atoms with Crippen LogP contribution in [0, 0.1) is 0 Å². The van der Waals surface area contributed by atoms with Gasteiger partial charge in [-0.05, 0) is 17.7 Å². The third-order valence-corrected chi connectivity index (χ3v) is 4.87. The third kappa shape index (κ3) is 4.86. The average molecular weight is 464 g/mol. The van der Waals surface area contributed by atoms with Gasteiger partial charge in [-0.3, -0.25) is 18.7 Å². The monoisotopic (exact) mass is 462 g/mol. The lowest BCUT2D eigenvalue weighted by Crippen LogP contribution is -2.41. The van der Waals surface area contributed by atoms with E-state index in [4.69, 9.17) is 16.3 Å². The molecule has 0 aliphatic rings. The van der Waals surface area contributed by atoms with E-state index in [9.17, 15) is 14.4 Å². The first-order valence-electron chi connectivity index (χ1n) is 8.36. The molecule has 1 heterocycles. The maximum absolute atomic E-state index is 12.7. The summed E-state index contributed by atoms with van der Waals surface area (Å²) in [6, 6.07) is 17.2. The number of ketones is 1. The van der Waals surface area contributed by atoms with Crippen LogP contribution in [0.5, 0.6) is 0 Å². The Labute approximate surface area is 174 Å². The lowest BCUT2D eigenvalue weighted by atomic mass is 10.1. The van der Waals surface area contributed by atoms with Crippen LogP contribution >= 0.6 is 27.5 Å². The Kier molecular flexibility index (Phi) is 6.61. The number of hydrogen-bond donors (Lipinski definition) is 0. The van der Waals surface area contributed by atoms with Crippen molar-refractivity contribution in [2.24, 2.45) is 0 Å². The van der Waals surface area contributed by atoms with Gasteiger partial charge < -0.3 is 4.74 Å². The Hall–Kier alpha value is -2.48. The maximum atomic E-state index is 12.7. The number of aromatic nitrogens is 2. The molecule has 0 atom stereocenters. The first-order chi connectivity index (χ1) is 13.5. The number of carbonyl (C=O) groups is 1. The van der Waals surface area contributed by atoms with E-state index in [1.54, 1.807) is 24.3 Å². The zero-order valence-electron chi connectivity index (χ0n) is 14.7. The summed E-state index contributed by atoms with van der Waals surface area (Å²) in [5.41, 5.74) is -0.00229. The number of carbonyl (C=O) groups excluding carboxylic acids is 1. The summed E-state index contributed by atoms with van der Waals surface area (Å²) in [6.07, 6.45) is 0. The molecule has 144 valence electrons. The third-order valence-electron chi connectivity index (χ3n) is 4.03. The molecule has 3 rings (SSSR count). The van der Waals surface area contributed by atoms with E-state index in [1.165, 1.54) is 0 Å². The lowest BCUT2D eigenvalue weighted by Gasteiger charge is -2.12. The lowest BCUT2D eigenvalue weighted by molar-refractivity contribution is 0.0597. The molecular formula is C20H16BrClN2O4. The maximum Gasteiger partial charge on any atom is 0.334 e. The van der Waals surface area contributed by atoms with Crippen LogP contribution in [-0.4, -0.2) is 14.9 Å². The van der Waals surface area contributed by atoms with Gasteiger partial charge in [0.25, 0.3) is 5.56 Å². The molecule has 3 aromatic rings. The highest BCUT2D eigenvalue weighted by Crippen LogP contribution is 2.11. The summed E-state index contributed by atoms with van der Waals surface area (Å²) < 4.78 is 8.32. The summed E-state index contributed by atoms with van der Waals surface area (Å²) in [4.78, 5) is 37.3. The normalized spacial score (nSPS) is 10.8. The molecule has 0 saturated heterocycles. The van der Waals surface area contributed by atoms with Crippen LogP contribution in [0.1, 0.15) is 15.9 Å². The van der Waals surface area contributed by atoms with Gasteiger partial charge in [0.1, 0.15) is 11.9 Å². The molecule has 8 heteroatoms. The fourth-order valence-electron chi connectivity index (χ4n) is 2.55. The van der Waals surface area contributed by atoms with Gasteiger partial charge in [0.05, 0.1) is 13.2 Å².